The Balaban J connectivity index is 2.07. The van der Waals surface area contributed by atoms with E-state index in [1.54, 1.807) is 12.1 Å². The zero-order chi connectivity index (χ0) is 22.9. The summed E-state index contributed by atoms with van der Waals surface area (Å²) in [6.45, 7) is 0.268. The van der Waals surface area contributed by atoms with Crippen molar-refractivity contribution in [1.82, 2.24) is 9.79 Å². The molecule has 0 heterocycles. The third-order valence-electron chi connectivity index (χ3n) is 4.55. The number of nitrogens with one attached hydrogen (secondary N) is 2. The highest BCUT2D eigenvalue weighted by Gasteiger charge is 2.31. The zero-order valence-corrected chi connectivity index (χ0v) is 20.2. The van der Waals surface area contributed by atoms with Crippen LogP contribution in [0.3, 0.4) is 0 Å². The summed E-state index contributed by atoms with van der Waals surface area (Å²) in [4.78, 5) is 16.9. The molecule has 0 spiro atoms. The number of hydroxylamine groups is 1. The second-order valence-electron chi connectivity index (χ2n) is 7.15. The lowest BCUT2D eigenvalue weighted by atomic mass is 10.1. The minimum atomic E-state index is -4.37. The maximum atomic E-state index is 15.0. The summed E-state index contributed by atoms with van der Waals surface area (Å²) in [7, 11) is -2.03. The van der Waals surface area contributed by atoms with Gasteiger partial charge < -0.3 is 5.32 Å². The number of hydrogen-bond acceptors (Lipinski definition) is 5. The van der Waals surface area contributed by atoms with Gasteiger partial charge in [0, 0.05) is 17.7 Å². The lowest BCUT2D eigenvalue weighted by Gasteiger charge is -2.18. The molecule has 1 aliphatic rings. The lowest BCUT2D eigenvalue weighted by Crippen LogP contribution is -2.28. The minimum Gasteiger partial charge on any atom is -0.351 e. The van der Waals surface area contributed by atoms with Gasteiger partial charge in [0.15, 0.2) is 11.6 Å². The van der Waals surface area contributed by atoms with E-state index in [4.69, 9.17) is 16.4 Å². The van der Waals surface area contributed by atoms with Crippen molar-refractivity contribution in [2.45, 2.75) is 17.7 Å². The molecule has 0 unspecified atom stereocenters. The maximum Gasteiger partial charge on any atom is 0.277 e. The average Bonchev–Trinajstić information content (AvgIpc) is 3.51. The highest BCUT2D eigenvalue weighted by atomic mass is 127. The zero-order valence-electron chi connectivity index (χ0n) is 16.5. The van der Waals surface area contributed by atoms with Gasteiger partial charge in [0.1, 0.15) is 4.90 Å². The van der Waals surface area contributed by atoms with Gasteiger partial charge in [0.25, 0.3) is 5.91 Å². The summed E-state index contributed by atoms with van der Waals surface area (Å²) in [6.07, 6.45) is 1.95. The molecule has 0 bridgehead atoms. The Morgan fingerprint density at radius 3 is 2.52 bits per heavy atom. The lowest BCUT2D eigenvalue weighted by molar-refractivity contribution is 0.0270. The van der Waals surface area contributed by atoms with Gasteiger partial charge in [0.2, 0.25) is 10.0 Å². The second kappa shape index (κ2) is 9.53. The number of sulfonamides is 1. The van der Waals surface area contributed by atoms with Crippen molar-refractivity contribution in [3.8, 4) is 0 Å². The van der Waals surface area contributed by atoms with Gasteiger partial charge in [0.05, 0.1) is 28.6 Å². The number of benzene rings is 2. The van der Waals surface area contributed by atoms with Crippen LogP contribution in [0.4, 0.5) is 20.2 Å². The molecule has 0 saturated heterocycles. The third kappa shape index (κ3) is 5.45. The summed E-state index contributed by atoms with van der Waals surface area (Å²) >= 11 is 8.19. The first-order valence-corrected chi connectivity index (χ1v) is 12.0. The van der Waals surface area contributed by atoms with E-state index in [0.717, 1.165) is 26.8 Å². The third-order valence-corrected chi connectivity index (χ3v) is 7.35. The molecule has 1 amide bonds. The molecular weight excluding hydrogens is 567 g/mol. The van der Waals surface area contributed by atoms with Crippen molar-refractivity contribution in [3.63, 3.8) is 0 Å². The van der Waals surface area contributed by atoms with Crippen molar-refractivity contribution >= 4 is 61.5 Å². The van der Waals surface area contributed by atoms with Gasteiger partial charge in [-0.3, -0.25) is 9.63 Å². The van der Waals surface area contributed by atoms with Crippen LogP contribution in [0.15, 0.2) is 29.2 Å². The highest BCUT2D eigenvalue weighted by molar-refractivity contribution is 14.1. The molecule has 31 heavy (non-hydrogen) atoms. The van der Waals surface area contributed by atoms with Gasteiger partial charge in [-0.1, -0.05) is 11.6 Å². The molecule has 0 aliphatic heterocycles. The monoisotopic (exact) mass is 585 g/mol. The van der Waals surface area contributed by atoms with Gasteiger partial charge in [-0.2, -0.15) is 0 Å². The number of carbonyl (C=O) groups is 1. The summed E-state index contributed by atoms with van der Waals surface area (Å²) in [5, 5.41) is 2.80. The number of amides is 1. The van der Waals surface area contributed by atoms with E-state index in [9.17, 15) is 17.6 Å². The first-order chi connectivity index (χ1) is 14.5. The predicted molar refractivity (Wildman–Crippen MR) is 121 cm³/mol. The van der Waals surface area contributed by atoms with Gasteiger partial charge in [-0.05, 0) is 65.6 Å². The molecule has 168 valence electrons. The Bertz CT molecular complexity index is 1130. The SMILES string of the molecule is CN(C)S(=O)(=O)c1cc(C(=O)NOCC2CC2)c(Nc2ccc(I)cc2Cl)c(F)c1F. The van der Waals surface area contributed by atoms with E-state index in [0.29, 0.717) is 5.92 Å². The predicted octanol–water partition coefficient (Wildman–Crippen LogP) is 4.29. The van der Waals surface area contributed by atoms with Crippen LogP contribution < -0.4 is 10.8 Å². The van der Waals surface area contributed by atoms with E-state index in [1.807, 2.05) is 22.6 Å². The fourth-order valence-electron chi connectivity index (χ4n) is 2.58. The van der Waals surface area contributed by atoms with E-state index < -0.39 is 43.7 Å². The van der Waals surface area contributed by atoms with Crippen LogP contribution in [0.1, 0.15) is 23.2 Å². The topological polar surface area (TPSA) is 87.7 Å². The number of rotatable bonds is 8. The van der Waals surface area contributed by atoms with Crippen molar-refractivity contribution in [2.75, 3.05) is 26.0 Å². The molecule has 0 aromatic heterocycles. The fourth-order valence-corrected chi connectivity index (χ4v) is 4.46. The first kappa shape index (κ1) is 24.1. The van der Waals surface area contributed by atoms with E-state index in [2.05, 4.69) is 10.8 Å². The van der Waals surface area contributed by atoms with Crippen molar-refractivity contribution < 1.29 is 26.8 Å². The Labute approximate surface area is 197 Å². The summed E-state index contributed by atoms with van der Waals surface area (Å²) < 4.78 is 56.3. The minimum absolute atomic E-state index is 0.202. The smallest absolute Gasteiger partial charge is 0.277 e. The summed E-state index contributed by atoms with van der Waals surface area (Å²) in [6, 6.07) is 5.55. The van der Waals surface area contributed by atoms with Crippen LogP contribution in [0.2, 0.25) is 5.02 Å². The maximum absolute atomic E-state index is 15.0. The fraction of sp³-hybridized carbons (Fsp3) is 0.316. The molecule has 1 fully saturated rings. The molecule has 2 aromatic carbocycles. The van der Waals surface area contributed by atoms with Crippen LogP contribution in [0, 0.1) is 21.1 Å². The van der Waals surface area contributed by atoms with Crippen LogP contribution in [-0.2, 0) is 14.9 Å². The average molecular weight is 586 g/mol. The van der Waals surface area contributed by atoms with Crippen LogP contribution in [0.5, 0.6) is 0 Å². The molecule has 0 atom stereocenters. The second-order valence-corrected chi connectivity index (χ2v) is 10.9. The van der Waals surface area contributed by atoms with Crippen LogP contribution >= 0.6 is 34.2 Å². The summed E-state index contributed by atoms with van der Waals surface area (Å²) in [5.41, 5.74) is 1.35. The summed E-state index contributed by atoms with van der Waals surface area (Å²) in [5.74, 6) is -3.75. The quantitative estimate of drug-likeness (QED) is 0.357. The largest absolute Gasteiger partial charge is 0.351 e. The normalized spacial score (nSPS) is 14.0. The molecule has 12 heteroatoms. The Morgan fingerprint density at radius 1 is 1.26 bits per heavy atom. The Kier molecular flexibility index (Phi) is 7.41. The molecule has 2 N–H and O–H groups in total. The van der Waals surface area contributed by atoms with E-state index in [-0.39, 0.29) is 17.3 Å². The van der Waals surface area contributed by atoms with E-state index in [1.165, 1.54) is 20.2 Å². The van der Waals surface area contributed by atoms with Gasteiger partial charge >= 0.3 is 0 Å². The standard InChI is InChI=1S/C19H19ClF2IN3O4S/c1-26(2)31(28,29)15-8-12(19(27)25-30-9-10-3-4-10)18(17(22)16(15)21)24-14-6-5-11(23)7-13(14)20/h5-8,10,24H,3-4,9H2,1-2H3,(H,25,27). The van der Waals surface area contributed by atoms with Crippen molar-refractivity contribution in [2.24, 2.45) is 5.92 Å². The number of nitrogens with zero attached hydrogens (tertiary/aromatic N) is 1. The molecule has 7 nitrogen and oxygen atoms in total. The van der Waals surface area contributed by atoms with Gasteiger partial charge in [-0.25, -0.2) is 27.0 Å². The Hall–Kier alpha value is -1.54. The number of halogens is 4. The van der Waals surface area contributed by atoms with Crippen molar-refractivity contribution in [1.29, 1.82) is 0 Å². The van der Waals surface area contributed by atoms with Gasteiger partial charge in [-0.15, -0.1) is 0 Å². The number of anilines is 2. The highest BCUT2D eigenvalue weighted by Crippen LogP contribution is 2.34. The van der Waals surface area contributed by atoms with Crippen molar-refractivity contribution in [3.05, 3.63) is 50.1 Å². The number of carbonyl (C=O) groups excluding carboxylic acids is 1. The molecule has 1 aliphatic carbocycles. The number of hydrogen-bond donors (Lipinski definition) is 2. The van der Waals surface area contributed by atoms with Crippen LogP contribution in [-0.4, -0.2) is 39.3 Å². The first-order valence-electron chi connectivity index (χ1n) is 9.11. The Morgan fingerprint density at radius 2 is 1.94 bits per heavy atom. The molecule has 3 rings (SSSR count). The van der Waals surface area contributed by atoms with E-state index >= 15 is 4.39 Å². The molecule has 0 radical (unpaired) electrons. The molecule has 2 aromatic rings. The van der Waals surface area contributed by atoms with Crippen LogP contribution in [0.25, 0.3) is 0 Å². The molecule has 1 saturated carbocycles. The molecular formula is C19H19ClF2IN3O4S.